The maximum atomic E-state index is 12.8. The molecule has 2 fully saturated rings. The number of unbranched alkanes of at least 4 members (excludes halogenated alkanes) is 29. The van der Waals surface area contributed by atoms with E-state index in [0.717, 1.165) is 81.5 Å². The molecule has 0 N–H and O–H groups in total. The van der Waals surface area contributed by atoms with Crippen LogP contribution >= 0.6 is 0 Å². The Morgan fingerprint density at radius 3 is 1.13 bits per heavy atom. The van der Waals surface area contributed by atoms with Crippen molar-refractivity contribution in [2.75, 3.05) is 13.2 Å². The van der Waals surface area contributed by atoms with E-state index >= 15 is 0 Å². The summed E-state index contributed by atoms with van der Waals surface area (Å²) in [6.45, 7) is 6.71. The summed E-state index contributed by atoms with van der Waals surface area (Å²) in [5.41, 5.74) is 0. The Morgan fingerprint density at radius 1 is 0.397 bits per heavy atom. The van der Waals surface area contributed by atoms with Gasteiger partial charge in [-0.3, -0.25) is 14.4 Å². The quantitative estimate of drug-likeness (QED) is 0.0262. The maximum absolute atomic E-state index is 12.8. The van der Waals surface area contributed by atoms with Crippen molar-refractivity contribution in [3.05, 3.63) is 12.2 Å². The second-order valence-corrected chi connectivity index (χ2v) is 20.4. The summed E-state index contributed by atoms with van der Waals surface area (Å²) in [5.74, 6) is 3.27. The van der Waals surface area contributed by atoms with Gasteiger partial charge < -0.3 is 14.2 Å². The summed E-state index contributed by atoms with van der Waals surface area (Å²) in [4.78, 5) is 38.2. The largest absolute Gasteiger partial charge is 0.462 e. The zero-order valence-electron chi connectivity index (χ0n) is 42.1. The van der Waals surface area contributed by atoms with E-state index in [2.05, 4.69) is 32.9 Å². The molecule has 2 aliphatic carbocycles. The summed E-state index contributed by atoms with van der Waals surface area (Å²) in [6.07, 6.45) is 54.1. The van der Waals surface area contributed by atoms with E-state index in [-0.39, 0.29) is 31.1 Å². The van der Waals surface area contributed by atoms with Crippen molar-refractivity contribution in [3.8, 4) is 0 Å². The monoisotopic (exact) mass is 885 g/mol. The lowest BCUT2D eigenvalue weighted by Gasteiger charge is -2.18. The van der Waals surface area contributed by atoms with Crippen LogP contribution in [-0.2, 0) is 28.6 Å². The van der Waals surface area contributed by atoms with E-state index < -0.39 is 6.10 Å². The molecule has 5 atom stereocenters. The zero-order chi connectivity index (χ0) is 45.3. The van der Waals surface area contributed by atoms with Gasteiger partial charge in [0.25, 0.3) is 0 Å². The van der Waals surface area contributed by atoms with Crippen LogP contribution in [0.1, 0.15) is 290 Å². The van der Waals surface area contributed by atoms with E-state index in [9.17, 15) is 14.4 Å². The van der Waals surface area contributed by atoms with Crippen LogP contribution < -0.4 is 0 Å². The lowest BCUT2D eigenvalue weighted by Crippen LogP contribution is -2.30. The molecule has 6 nitrogen and oxygen atoms in total. The van der Waals surface area contributed by atoms with Crippen molar-refractivity contribution in [2.24, 2.45) is 23.7 Å². The van der Waals surface area contributed by atoms with Gasteiger partial charge in [0.1, 0.15) is 13.2 Å². The van der Waals surface area contributed by atoms with Crippen LogP contribution in [0.3, 0.4) is 0 Å². The van der Waals surface area contributed by atoms with Gasteiger partial charge in [0, 0.05) is 19.3 Å². The van der Waals surface area contributed by atoms with Gasteiger partial charge in [0.2, 0.25) is 0 Å². The molecular formula is C57H104O6. The third-order valence-corrected chi connectivity index (χ3v) is 14.2. The molecule has 0 saturated heterocycles. The Balaban J connectivity index is 1.57. The van der Waals surface area contributed by atoms with E-state index in [0.29, 0.717) is 19.3 Å². The number of hydrogen-bond donors (Lipinski definition) is 0. The summed E-state index contributed by atoms with van der Waals surface area (Å²) >= 11 is 0. The van der Waals surface area contributed by atoms with Gasteiger partial charge in [0.15, 0.2) is 6.10 Å². The third-order valence-electron chi connectivity index (χ3n) is 14.2. The number of esters is 3. The molecule has 2 aliphatic rings. The van der Waals surface area contributed by atoms with Crippen molar-refractivity contribution in [1.82, 2.24) is 0 Å². The van der Waals surface area contributed by atoms with Gasteiger partial charge in [-0.05, 0) is 87.9 Å². The average molecular weight is 885 g/mol. The fourth-order valence-electron chi connectivity index (χ4n) is 9.66. The average Bonchev–Trinajstić information content (AvgIpc) is 4.21. The lowest BCUT2D eigenvalue weighted by molar-refractivity contribution is -0.167. The number of ether oxygens (including phenoxy) is 3. The minimum absolute atomic E-state index is 0.0636. The van der Waals surface area contributed by atoms with Gasteiger partial charge in [-0.2, -0.15) is 0 Å². The summed E-state index contributed by atoms with van der Waals surface area (Å²) in [6, 6.07) is 0. The first-order valence-electron chi connectivity index (χ1n) is 28.1. The number of allylic oxidation sites excluding steroid dienone is 2. The first-order valence-corrected chi connectivity index (χ1v) is 28.1. The van der Waals surface area contributed by atoms with Crippen LogP contribution in [-0.4, -0.2) is 37.2 Å². The van der Waals surface area contributed by atoms with E-state index in [4.69, 9.17) is 14.2 Å². The molecule has 0 aromatic rings. The first-order chi connectivity index (χ1) is 31.0. The predicted octanol–water partition coefficient (Wildman–Crippen LogP) is 17.5. The molecule has 0 aliphatic heterocycles. The van der Waals surface area contributed by atoms with Crippen molar-refractivity contribution in [3.63, 3.8) is 0 Å². The fourth-order valence-corrected chi connectivity index (χ4v) is 9.66. The predicted molar refractivity (Wildman–Crippen MR) is 266 cm³/mol. The minimum atomic E-state index is -0.765. The number of rotatable bonds is 48. The van der Waals surface area contributed by atoms with Gasteiger partial charge in [-0.15, -0.1) is 0 Å². The third kappa shape index (κ3) is 36.0. The standard InChI is InChI=1S/C57H104O6/c1-4-7-10-12-14-16-18-20-21-23-25-27-29-33-39-44-57(60)63-54(48-61-55(58)42-37-32-28-26-24-22-19-17-15-13-11-8-5-2)49-62-56(59)43-38-34-30-31-36-41-51-46-53(51)47-52-45-50(52)40-35-9-6-3/h20-21,50-54H,4-19,22-49H2,1-3H3/b21-20-. The minimum Gasteiger partial charge on any atom is -0.462 e. The van der Waals surface area contributed by atoms with Gasteiger partial charge in [0.05, 0.1) is 0 Å². The molecule has 368 valence electrons. The number of hydrogen-bond acceptors (Lipinski definition) is 6. The molecule has 6 heteroatoms. The molecule has 0 aromatic heterocycles. The zero-order valence-corrected chi connectivity index (χ0v) is 42.1. The van der Waals surface area contributed by atoms with Crippen LogP contribution in [0.5, 0.6) is 0 Å². The number of carbonyl (C=O) groups excluding carboxylic acids is 3. The maximum Gasteiger partial charge on any atom is 0.306 e. The molecule has 0 heterocycles. The highest BCUT2D eigenvalue weighted by atomic mass is 16.6. The summed E-state index contributed by atoms with van der Waals surface area (Å²) < 4.78 is 16.9. The van der Waals surface area contributed by atoms with Gasteiger partial charge in [-0.25, -0.2) is 0 Å². The van der Waals surface area contributed by atoms with E-state index in [1.165, 1.54) is 193 Å². The first kappa shape index (κ1) is 57.3. The van der Waals surface area contributed by atoms with E-state index in [1.807, 2.05) is 0 Å². The summed E-state index contributed by atoms with van der Waals surface area (Å²) in [5, 5.41) is 0. The van der Waals surface area contributed by atoms with Crippen LogP contribution in [0.2, 0.25) is 0 Å². The Labute approximate surface area is 390 Å². The smallest absolute Gasteiger partial charge is 0.306 e. The fraction of sp³-hybridized carbons (Fsp3) is 0.912. The normalized spacial score (nSPS) is 18.5. The molecule has 0 aromatic carbocycles. The SMILES string of the molecule is CCCCCCCC/C=C\CCCCCCCC(=O)OC(COC(=O)CCCCCCCCCCCCCCC)COC(=O)CCCCCCCC1CC1CC1CC1CCCCC. The van der Waals surface area contributed by atoms with Crippen LogP contribution in [0.15, 0.2) is 12.2 Å². The second-order valence-electron chi connectivity index (χ2n) is 20.4. The summed E-state index contributed by atoms with van der Waals surface area (Å²) in [7, 11) is 0. The number of carbonyl (C=O) groups is 3. The van der Waals surface area contributed by atoms with Gasteiger partial charge >= 0.3 is 17.9 Å². The molecule has 0 spiro atoms. The molecule has 63 heavy (non-hydrogen) atoms. The van der Waals surface area contributed by atoms with Crippen LogP contribution in [0.4, 0.5) is 0 Å². The van der Waals surface area contributed by atoms with Crippen molar-refractivity contribution in [2.45, 2.75) is 297 Å². The Kier molecular flexibility index (Phi) is 37.8. The van der Waals surface area contributed by atoms with Crippen molar-refractivity contribution >= 4 is 17.9 Å². The highest BCUT2D eigenvalue weighted by Crippen LogP contribution is 2.54. The second kappa shape index (κ2) is 41.6. The van der Waals surface area contributed by atoms with E-state index in [1.54, 1.807) is 0 Å². The molecule has 0 bridgehead atoms. The molecule has 2 rings (SSSR count). The van der Waals surface area contributed by atoms with Gasteiger partial charge in [-0.1, -0.05) is 219 Å². The van der Waals surface area contributed by atoms with Crippen LogP contribution in [0.25, 0.3) is 0 Å². The topological polar surface area (TPSA) is 78.9 Å². The van der Waals surface area contributed by atoms with Crippen LogP contribution in [0, 0.1) is 23.7 Å². The molecule has 5 unspecified atom stereocenters. The Morgan fingerprint density at radius 2 is 0.714 bits per heavy atom. The van der Waals surface area contributed by atoms with Crippen molar-refractivity contribution in [1.29, 1.82) is 0 Å². The molecular weight excluding hydrogens is 781 g/mol. The Hall–Kier alpha value is -1.85. The highest BCUT2D eigenvalue weighted by Gasteiger charge is 2.44. The molecule has 0 amide bonds. The molecule has 2 saturated carbocycles. The lowest BCUT2D eigenvalue weighted by atomic mass is 10.0. The Bertz CT molecular complexity index is 1100. The molecule has 0 radical (unpaired) electrons. The van der Waals surface area contributed by atoms with Crippen molar-refractivity contribution < 1.29 is 28.6 Å². The highest BCUT2D eigenvalue weighted by molar-refractivity contribution is 5.71.